The minimum atomic E-state index is 0.300. The van der Waals surface area contributed by atoms with Crippen molar-refractivity contribution in [2.75, 3.05) is 6.54 Å². The molecule has 1 aliphatic carbocycles. The van der Waals surface area contributed by atoms with Gasteiger partial charge in [-0.15, -0.1) is 0 Å². The van der Waals surface area contributed by atoms with E-state index in [9.17, 15) is 4.79 Å². The predicted molar refractivity (Wildman–Crippen MR) is 91.4 cm³/mol. The van der Waals surface area contributed by atoms with Gasteiger partial charge < -0.3 is 5.73 Å². The van der Waals surface area contributed by atoms with Crippen LogP contribution in [0, 0.1) is 11.8 Å². The molecule has 2 heteroatoms. The summed E-state index contributed by atoms with van der Waals surface area (Å²) in [7, 11) is 0. The van der Waals surface area contributed by atoms with E-state index in [0.717, 1.165) is 19.3 Å². The lowest BCUT2D eigenvalue weighted by Crippen LogP contribution is -2.25. The number of rotatable bonds is 13. The zero-order valence-electron chi connectivity index (χ0n) is 14.2. The van der Waals surface area contributed by atoms with Gasteiger partial charge in [-0.3, -0.25) is 4.79 Å². The molecule has 2 N–H and O–H groups in total. The van der Waals surface area contributed by atoms with Crippen molar-refractivity contribution in [2.24, 2.45) is 17.6 Å². The van der Waals surface area contributed by atoms with Gasteiger partial charge >= 0.3 is 0 Å². The van der Waals surface area contributed by atoms with Gasteiger partial charge in [-0.1, -0.05) is 71.1 Å². The fraction of sp³-hybridized carbons (Fsp3) is 0.947. The Balaban J connectivity index is 1.91. The number of unbranched alkanes of at least 4 members (excludes halogenated alkanes) is 9. The summed E-state index contributed by atoms with van der Waals surface area (Å²) in [6, 6.07) is 0. The van der Waals surface area contributed by atoms with Crippen molar-refractivity contribution in [3.8, 4) is 0 Å². The zero-order chi connectivity index (χ0) is 15.3. The lowest BCUT2D eigenvalue weighted by Gasteiger charge is -2.16. The van der Waals surface area contributed by atoms with Gasteiger partial charge in [0.25, 0.3) is 0 Å². The Kier molecular flexibility index (Phi) is 10.9. The lowest BCUT2D eigenvalue weighted by molar-refractivity contribution is -0.123. The Morgan fingerprint density at radius 3 is 2.05 bits per heavy atom. The molecule has 0 heterocycles. The molecule has 0 radical (unpaired) electrons. The Labute approximate surface area is 132 Å². The molecule has 0 aromatic heterocycles. The molecular weight excluding hydrogens is 258 g/mol. The molecule has 0 aliphatic heterocycles. The van der Waals surface area contributed by atoms with Crippen LogP contribution in [-0.4, -0.2) is 12.3 Å². The molecule has 1 saturated carbocycles. The van der Waals surface area contributed by atoms with Crippen molar-refractivity contribution in [3.05, 3.63) is 0 Å². The Morgan fingerprint density at radius 2 is 1.48 bits per heavy atom. The maximum Gasteiger partial charge on any atom is 0.136 e. The fourth-order valence-corrected chi connectivity index (χ4v) is 3.71. The summed E-state index contributed by atoms with van der Waals surface area (Å²) in [5.41, 5.74) is 5.76. The summed E-state index contributed by atoms with van der Waals surface area (Å²) in [6.07, 6.45) is 17.6. The number of carbonyl (C=O) groups excluding carboxylic acids is 1. The smallest absolute Gasteiger partial charge is 0.136 e. The Morgan fingerprint density at radius 1 is 0.905 bits per heavy atom. The molecule has 2 nitrogen and oxygen atoms in total. The molecule has 0 spiro atoms. The van der Waals surface area contributed by atoms with Crippen LogP contribution in [0.25, 0.3) is 0 Å². The van der Waals surface area contributed by atoms with Crippen LogP contribution in [0.5, 0.6) is 0 Å². The predicted octanol–water partition coefficient (Wildman–Crippen LogP) is 5.24. The van der Waals surface area contributed by atoms with E-state index >= 15 is 0 Å². The first-order valence-corrected chi connectivity index (χ1v) is 9.52. The third-order valence-corrected chi connectivity index (χ3v) is 5.15. The molecule has 2 atom stereocenters. The van der Waals surface area contributed by atoms with Gasteiger partial charge in [-0.25, -0.2) is 0 Å². The molecule has 1 aliphatic rings. The second-order valence-electron chi connectivity index (χ2n) is 6.93. The topological polar surface area (TPSA) is 43.1 Å². The van der Waals surface area contributed by atoms with Crippen molar-refractivity contribution in [3.63, 3.8) is 0 Å². The lowest BCUT2D eigenvalue weighted by atomic mass is 9.89. The van der Waals surface area contributed by atoms with Gasteiger partial charge in [-0.2, -0.15) is 0 Å². The van der Waals surface area contributed by atoms with Crippen LogP contribution in [0.15, 0.2) is 0 Å². The number of ketones is 1. The molecule has 0 aromatic rings. The van der Waals surface area contributed by atoms with Gasteiger partial charge in [0.05, 0.1) is 0 Å². The summed E-state index contributed by atoms with van der Waals surface area (Å²) in [5, 5.41) is 0. The number of Topliss-reactive ketones (excluding diaryl/α,β-unsaturated/α-hetero) is 1. The van der Waals surface area contributed by atoms with Crippen LogP contribution in [-0.2, 0) is 4.79 Å². The molecule has 1 rings (SSSR count). The van der Waals surface area contributed by atoms with Crippen LogP contribution >= 0.6 is 0 Å². The number of carbonyl (C=O) groups is 1. The van der Waals surface area contributed by atoms with Crippen molar-refractivity contribution in [2.45, 2.75) is 96.8 Å². The van der Waals surface area contributed by atoms with Crippen LogP contribution in [0.3, 0.4) is 0 Å². The minimum absolute atomic E-state index is 0.300. The third kappa shape index (κ3) is 7.99. The van der Waals surface area contributed by atoms with Gasteiger partial charge in [0.2, 0.25) is 0 Å². The first-order valence-electron chi connectivity index (χ1n) is 9.52. The zero-order valence-corrected chi connectivity index (χ0v) is 14.2. The van der Waals surface area contributed by atoms with Crippen LogP contribution in [0.4, 0.5) is 0 Å². The van der Waals surface area contributed by atoms with Crippen LogP contribution in [0.1, 0.15) is 96.8 Å². The van der Waals surface area contributed by atoms with E-state index in [0.29, 0.717) is 24.2 Å². The SMILES string of the molecule is CCCCCCCCCCCCC(=O)C1CCCC1CN. The van der Waals surface area contributed by atoms with Gasteiger partial charge in [0.1, 0.15) is 5.78 Å². The highest BCUT2D eigenvalue weighted by Crippen LogP contribution is 2.32. The third-order valence-electron chi connectivity index (χ3n) is 5.15. The van der Waals surface area contributed by atoms with E-state index in [1.807, 2.05) is 0 Å². The number of hydrogen-bond acceptors (Lipinski definition) is 2. The quantitative estimate of drug-likeness (QED) is 0.472. The minimum Gasteiger partial charge on any atom is -0.330 e. The normalized spacial score (nSPS) is 21.8. The second-order valence-corrected chi connectivity index (χ2v) is 6.93. The van der Waals surface area contributed by atoms with E-state index in [-0.39, 0.29) is 0 Å². The monoisotopic (exact) mass is 295 g/mol. The average Bonchev–Trinajstić information content (AvgIpc) is 2.97. The summed E-state index contributed by atoms with van der Waals surface area (Å²) in [5.74, 6) is 1.29. The maximum absolute atomic E-state index is 12.2. The molecule has 0 aromatic carbocycles. The van der Waals surface area contributed by atoms with Crippen molar-refractivity contribution in [1.82, 2.24) is 0 Å². The molecule has 0 amide bonds. The highest BCUT2D eigenvalue weighted by Gasteiger charge is 2.30. The Bertz CT molecular complexity index is 264. The molecule has 1 fully saturated rings. The van der Waals surface area contributed by atoms with E-state index in [1.54, 1.807) is 0 Å². The van der Waals surface area contributed by atoms with Gasteiger partial charge in [0, 0.05) is 12.3 Å². The average molecular weight is 296 g/mol. The fourth-order valence-electron chi connectivity index (χ4n) is 3.71. The highest BCUT2D eigenvalue weighted by atomic mass is 16.1. The molecule has 0 bridgehead atoms. The second kappa shape index (κ2) is 12.2. The van der Waals surface area contributed by atoms with Crippen molar-refractivity contribution >= 4 is 5.78 Å². The standard InChI is InChI=1S/C19H37NO/c1-2-3-4-5-6-7-8-9-10-11-15-19(21)18-14-12-13-17(18)16-20/h17-18H,2-16,20H2,1H3. The highest BCUT2D eigenvalue weighted by molar-refractivity contribution is 5.81. The first-order chi connectivity index (χ1) is 10.3. The Hall–Kier alpha value is -0.370. The molecule has 0 saturated heterocycles. The van der Waals surface area contributed by atoms with E-state index in [2.05, 4.69) is 6.92 Å². The van der Waals surface area contributed by atoms with Crippen molar-refractivity contribution < 1.29 is 4.79 Å². The summed E-state index contributed by atoms with van der Waals surface area (Å²) in [6.45, 7) is 2.97. The molecular formula is C19H37NO. The largest absolute Gasteiger partial charge is 0.330 e. The van der Waals surface area contributed by atoms with Crippen LogP contribution < -0.4 is 5.73 Å². The summed E-state index contributed by atoms with van der Waals surface area (Å²) >= 11 is 0. The molecule has 124 valence electrons. The maximum atomic E-state index is 12.2. The molecule has 21 heavy (non-hydrogen) atoms. The van der Waals surface area contributed by atoms with Gasteiger partial charge in [-0.05, 0) is 31.7 Å². The van der Waals surface area contributed by atoms with E-state index < -0.39 is 0 Å². The number of hydrogen-bond donors (Lipinski definition) is 1. The van der Waals surface area contributed by atoms with Crippen molar-refractivity contribution in [1.29, 1.82) is 0 Å². The van der Waals surface area contributed by atoms with Crippen LogP contribution in [0.2, 0.25) is 0 Å². The summed E-state index contributed by atoms with van der Waals surface area (Å²) < 4.78 is 0. The van der Waals surface area contributed by atoms with E-state index in [4.69, 9.17) is 5.73 Å². The summed E-state index contributed by atoms with van der Waals surface area (Å²) in [4.78, 5) is 12.2. The first kappa shape index (κ1) is 18.7. The van der Waals surface area contributed by atoms with Gasteiger partial charge in [0.15, 0.2) is 0 Å². The van der Waals surface area contributed by atoms with E-state index in [1.165, 1.54) is 70.6 Å². The molecule has 2 unspecified atom stereocenters. The number of nitrogens with two attached hydrogens (primary N) is 1.